The van der Waals surface area contributed by atoms with Crippen LogP contribution in [0, 0.1) is 6.92 Å². The van der Waals surface area contributed by atoms with Crippen molar-refractivity contribution in [2.45, 2.75) is 26.4 Å². The SMILES string of the molecule is Cc1oc2ccccc2c1CN1CCN[C@@H](C)C1.Cl. The first-order chi connectivity index (χ1) is 8.74. The molecule has 1 saturated heterocycles. The fraction of sp³-hybridized carbons (Fsp3) is 0.467. The number of aryl methyl sites for hydroxylation is 1. The van der Waals surface area contributed by atoms with Gasteiger partial charge in [0.25, 0.3) is 0 Å². The van der Waals surface area contributed by atoms with E-state index >= 15 is 0 Å². The lowest BCUT2D eigenvalue weighted by atomic mass is 10.1. The van der Waals surface area contributed by atoms with Crippen LogP contribution in [0.25, 0.3) is 11.0 Å². The molecule has 0 radical (unpaired) electrons. The molecule has 4 heteroatoms. The molecule has 1 aliphatic rings. The lowest BCUT2D eigenvalue weighted by molar-refractivity contribution is 0.199. The van der Waals surface area contributed by atoms with Crippen molar-refractivity contribution in [2.75, 3.05) is 19.6 Å². The molecule has 104 valence electrons. The second-order valence-electron chi connectivity index (χ2n) is 5.22. The van der Waals surface area contributed by atoms with E-state index in [9.17, 15) is 0 Å². The summed E-state index contributed by atoms with van der Waals surface area (Å²) in [5, 5.41) is 4.74. The highest BCUT2D eigenvalue weighted by molar-refractivity contribution is 5.85. The van der Waals surface area contributed by atoms with Crippen LogP contribution in [0.5, 0.6) is 0 Å². The quantitative estimate of drug-likeness (QED) is 0.917. The van der Waals surface area contributed by atoms with Gasteiger partial charge in [0.15, 0.2) is 0 Å². The zero-order valence-electron chi connectivity index (χ0n) is 11.5. The molecule has 0 amide bonds. The Morgan fingerprint density at radius 3 is 2.95 bits per heavy atom. The molecule has 0 bridgehead atoms. The number of furan rings is 1. The summed E-state index contributed by atoms with van der Waals surface area (Å²) in [6.07, 6.45) is 0. The number of halogens is 1. The predicted molar refractivity (Wildman–Crippen MR) is 80.9 cm³/mol. The highest BCUT2D eigenvalue weighted by atomic mass is 35.5. The number of nitrogens with one attached hydrogen (secondary N) is 1. The number of hydrogen-bond acceptors (Lipinski definition) is 3. The van der Waals surface area contributed by atoms with Crippen LogP contribution in [-0.2, 0) is 6.54 Å². The average molecular weight is 281 g/mol. The molecule has 0 spiro atoms. The zero-order valence-corrected chi connectivity index (χ0v) is 12.3. The van der Waals surface area contributed by atoms with Crippen LogP contribution in [-0.4, -0.2) is 30.6 Å². The second kappa shape index (κ2) is 5.95. The molecule has 1 aliphatic heterocycles. The van der Waals surface area contributed by atoms with Crippen LogP contribution in [0.4, 0.5) is 0 Å². The van der Waals surface area contributed by atoms with Crippen LogP contribution >= 0.6 is 12.4 Å². The van der Waals surface area contributed by atoms with E-state index in [0.29, 0.717) is 6.04 Å². The van der Waals surface area contributed by atoms with Crippen molar-refractivity contribution in [2.24, 2.45) is 0 Å². The van der Waals surface area contributed by atoms with Crippen molar-refractivity contribution in [1.29, 1.82) is 0 Å². The van der Waals surface area contributed by atoms with E-state index < -0.39 is 0 Å². The average Bonchev–Trinajstić information content (AvgIpc) is 2.66. The first-order valence-electron chi connectivity index (χ1n) is 6.67. The molecule has 1 aromatic carbocycles. The van der Waals surface area contributed by atoms with Crippen molar-refractivity contribution < 1.29 is 4.42 Å². The van der Waals surface area contributed by atoms with Gasteiger partial charge in [0, 0.05) is 43.2 Å². The van der Waals surface area contributed by atoms with Crippen molar-refractivity contribution in [3.05, 3.63) is 35.6 Å². The van der Waals surface area contributed by atoms with Crippen molar-refractivity contribution in [3.8, 4) is 0 Å². The van der Waals surface area contributed by atoms with Crippen LogP contribution in [0.2, 0.25) is 0 Å². The van der Waals surface area contributed by atoms with Gasteiger partial charge < -0.3 is 9.73 Å². The minimum Gasteiger partial charge on any atom is -0.461 e. The van der Waals surface area contributed by atoms with Gasteiger partial charge in [0.2, 0.25) is 0 Å². The van der Waals surface area contributed by atoms with Crippen molar-refractivity contribution >= 4 is 23.4 Å². The van der Waals surface area contributed by atoms with Gasteiger partial charge >= 0.3 is 0 Å². The van der Waals surface area contributed by atoms with Gasteiger partial charge in [-0.25, -0.2) is 0 Å². The number of piperazine rings is 1. The van der Waals surface area contributed by atoms with E-state index in [1.54, 1.807) is 0 Å². The minimum absolute atomic E-state index is 0. The molecule has 1 atom stereocenters. The largest absolute Gasteiger partial charge is 0.461 e. The molecular weight excluding hydrogens is 260 g/mol. The maximum atomic E-state index is 5.83. The highest BCUT2D eigenvalue weighted by Crippen LogP contribution is 2.26. The summed E-state index contributed by atoms with van der Waals surface area (Å²) in [5.74, 6) is 1.06. The summed E-state index contributed by atoms with van der Waals surface area (Å²) in [7, 11) is 0. The number of rotatable bonds is 2. The molecule has 1 N–H and O–H groups in total. The van der Waals surface area contributed by atoms with Crippen molar-refractivity contribution in [1.82, 2.24) is 10.2 Å². The number of fused-ring (bicyclic) bond motifs is 1. The molecule has 0 unspecified atom stereocenters. The monoisotopic (exact) mass is 280 g/mol. The Balaban J connectivity index is 0.00000133. The summed E-state index contributed by atoms with van der Waals surface area (Å²) in [4.78, 5) is 2.51. The maximum absolute atomic E-state index is 5.83. The number of nitrogens with zero attached hydrogens (tertiary/aromatic N) is 1. The molecule has 2 heterocycles. The summed E-state index contributed by atoms with van der Waals surface area (Å²) >= 11 is 0. The molecular formula is C15H21ClN2O. The summed E-state index contributed by atoms with van der Waals surface area (Å²) in [6, 6.07) is 8.90. The normalized spacial score (nSPS) is 20.4. The van der Waals surface area contributed by atoms with E-state index in [0.717, 1.165) is 37.5 Å². The van der Waals surface area contributed by atoms with Gasteiger partial charge in [0.05, 0.1) is 0 Å². The van der Waals surface area contributed by atoms with E-state index in [1.807, 2.05) is 12.1 Å². The van der Waals surface area contributed by atoms with Gasteiger partial charge in [0.1, 0.15) is 11.3 Å². The van der Waals surface area contributed by atoms with Crippen LogP contribution < -0.4 is 5.32 Å². The minimum atomic E-state index is 0. The highest BCUT2D eigenvalue weighted by Gasteiger charge is 2.19. The van der Waals surface area contributed by atoms with Crippen LogP contribution in [0.1, 0.15) is 18.2 Å². The molecule has 19 heavy (non-hydrogen) atoms. The van der Waals surface area contributed by atoms with E-state index in [-0.39, 0.29) is 12.4 Å². The summed E-state index contributed by atoms with van der Waals surface area (Å²) < 4.78 is 5.83. The first-order valence-corrected chi connectivity index (χ1v) is 6.67. The summed E-state index contributed by atoms with van der Waals surface area (Å²) in [5.41, 5.74) is 2.35. The van der Waals surface area contributed by atoms with Gasteiger partial charge in [-0.3, -0.25) is 4.90 Å². The molecule has 0 saturated carbocycles. The van der Waals surface area contributed by atoms with Crippen molar-refractivity contribution in [3.63, 3.8) is 0 Å². The van der Waals surface area contributed by atoms with Crippen LogP contribution in [0.3, 0.4) is 0 Å². The molecule has 3 rings (SSSR count). The Labute approximate surface area is 120 Å². The molecule has 1 aromatic heterocycles. The first kappa shape index (κ1) is 14.4. The molecule has 3 nitrogen and oxygen atoms in total. The zero-order chi connectivity index (χ0) is 12.5. The number of hydrogen-bond donors (Lipinski definition) is 1. The molecule has 2 aromatic rings. The Morgan fingerprint density at radius 2 is 2.16 bits per heavy atom. The predicted octanol–water partition coefficient (Wildman–Crippen LogP) is 2.96. The second-order valence-corrected chi connectivity index (χ2v) is 5.22. The standard InChI is InChI=1S/C15H20N2O.ClH/c1-11-9-17(8-7-16-11)10-14-12(2)18-15-6-4-3-5-13(14)15;/h3-6,11,16H,7-10H2,1-2H3;1H/t11-;/m0./s1. The van der Waals surface area contributed by atoms with Gasteiger partial charge in [-0.15, -0.1) is 12.4 Å². The Bertz CT molecular complexity index is 552. The lowest BCUT2D eigenvalue weighted by Crippen LogP contribution is -2.48. The summed E-state index contributed by atoms with van der Waals surface area (Å²) in [6.45, 7) is 8.61. The van der Waals surface area contributed by atoms with Gasteiger partial charge in [-0.1, -0.05) is 18.2 Å². The third kappa shape index (κ3) is 2.94. The van der Waals surface area contributed by atoms with E-state index in [4.69, 9.17) is 4.42 Å². The fourth-order valence-corrected chi connectivity index (χ4v) is 2.80. The fourth-order valence-electron chi connectivity index (χ4n) is 2.80. The Hall–Kier alpha value is -1.03. The number of para-hydroxylation sites is 1. The third-order valence-electron chi connectivity index (χ3n) is 3.73. The molecule has 0 aliphatic carbocycles. The van der Waals surface area contributed by atoms with Gasteiger partial charge in [-0.05, 0) is 19.9 Å². The lowest BCUT2D eigenvalue weighted by Gasteiger charge is -2.31. The Kier molecular flexibility index (Phi) is 4.50. The van der Waals surface area contributed by atoms with E-state index in [1.165, 1.54) is 10.9 Å². The maximum Gasteiger partial charge on any atom is 0.134 e. The number of benzene rings is 1. The smallest absolute Gasteiger partial charge is 0.134 e. The van der Waals surface area contributed by atoms with Crippen LogP contribution in [0.15, 0.2) is 28.7 Å². The molecule has 1 fully saturated rings. The van der Waals surface area contributed by atoms with Gasteiger partial charge in [-0.2, -0.15) is 0 Å². The topological polar surface area (TPSA) is 28.4 Å². The Morgan fingerprint density at radius 1 is 1.37 bits per heavy atom. The van der Waals surface area contributed by atoms with E-state index in [2.05, 4.69) is 36.2 Å². The third-order valence-corrected chi connectivity index (χ3v) is 3.73.